The van der Waals surface area contributed by atoms with Crippen LogP contribution < -0.4 is 0 Å². The number of carbonyl (C=O) groups is 1. The van der Waals surface area contributed by atoms with Crippen LogP contribution in [0.4, 0.5) is 0 Å². The molecule has 14 heavy (non-hydrogen) atoms. The molecule has 1 saturated heterocycles. The minimum Gasteiger partial charge on any atom is -0.466 e. The zero-order valence-corrected chi connectivity index (χ0v) is 9.08. The van der Waals surface area contributed by atoms with Gasteiger partial charge in [0, 0.05) is 5.54 Å². The first-order valence-electron chi connectivity index (χ1n) is 5.60. The van der Waals surface area contributed by atoms with E-state index < -0.39 is 0 Å². The van der Waals surface area contributed by atoms with Gasteiger partial charge >= 0.3 is 5.97 Å². The van der Waals surface area contributed by atoms with E-state index in [4.69, 9.17) is 4.74 Å². The van der Waals surface area contributed by atoms with Crippen molar-refractivity contribution in [2.75, 3.05) is 19.7 Å². The lowest BCUT2D eigenvalue weighted by Gasteiger charge is -2.24. The maximum atomic E-state index is 11.5. The van der Waals surface area contributed by atoms with Crippen molar-refractivity contribution in [2.45, 2.75) is 38.6 Å². The number of hydrogen-bond acceptors (Lipinski definition) is 3. The molecule has 2 atom stereocenters. The summed E-state index contributed by atoms with van der Waals surface area (Å²) in [5.74, 6) is 0.141. The molecule has 80 valence electrons. The molecule has 2 rings (SSSR count). The molecule has 0 spiro atoms. The van der Waals surface area contributed by atoms with Crippen LogP contribution in [0.5, 0.6) is 0 Å². The van der Waals surface area contributed by atoms with Crippen molar-refractivity contribution >= 4 is 5.97 Å². The lowest BCUT2D eigenvalue weighted by atomic mass is 10.2. The zero-order valence-electron chi connectivity index (χ0n) is 9.08. The fourth-order valence-electron chi connectivity index (χ4n) is 2.51. The predicted octanol–water partition coefficient (Wildman–Crippen LogP) is 1.42. The molecule has 3 nitrogen and oxygen atoms in total. The van der Waals surface area contributed by atoms with Crippen molar-refractivity contribution < 1.29 is 9.53 Å². The highest BCUT2D eigenvalue weighted by molar-refractivity contribution is 5.78. The van der Waals surface area contributed by atoms with Crippen molar-refractivity contribution in [3.63, 3.8) is 0 Å². The first-order chi connectivity index (χ1) is 6.68. The summed E-state index contributed by atoms with van der Waals surface area (Å²) >= 11 is 0. The number of ether oxygens (including phenoxy) is 1. The largest absolute Gasteiger partial charge is 0.466 e. The molecule has 0 N–H and O–H groups in total. The number of hydrogen-bond donors (Lipinski definition) is 0. The monoisotopic (exact) mass is 197 g/mol. The maximum Gasteiger partial charge on any atom is 0.310 e. The number of carbonyl (C=O) groups excluding carboxylic acids is 1. The van der Waals surface area contributed by atoms with Crippen molar-refractivity contribution in [1.29, 1.82) is 0 Å². The summed E-state index contributed by atoms with van der Waals surface area (Å²) in [6.07, 6.45) is 3.56. The summed E-state index contributed by atoms with van der Waals surface area (Å²) in [6, 6.07) is 0. The second-order valence-corrected chi connectivity index (χ2v) is 4.56. The normalized spacial score (nSPS) is 37.1. The Bertz CT molecular complexity index is 235. The Morgan fingerprint density at radius 2 is 2.14 bits per heavy atom. The van der Waals surface area contributed by atoms with E-state index in [1.165, 1.54) is 12.8 Å². The molecule has 1 saturated carbocycles. The van der Waals surface area contributed by atoms with Gasteiger partial charge in [-0.1, -0.05) is 0 Å². The van der Waals surface area contributed by atoms with Crippen LogP contribution >= 0.6 is 0 Å². The molecule has 0 aromatic rings. The number of likely N-dealkylation sites (tertiary alicyclic amines) is 1. The lowest BCUT2D eigenvalue weighted by Crippen LogP contribution is -2.35. The zero-order chi connectivity index (χ0) is 10.2. The molecule has 1 heterocycles. The highest BCUT2D eigenvalue weighted by Gasteiger charge is 2.59. The van der Waals surface area contributed by atoms with Gasteiger partial charge in [-0.05, 0) is 46.2 Å². The fourth-order valence-corrected chi connectivity index (χ4v) is 2.51. The van der Waals surface area contributed by atoms with Gasteiger partial charge in [-0.2, -0.15) is 0 Å². The summed E-state index contributed by atoms with van der Waals surface area (Å²) in [7, 11) is 0. The van der Waals surface area contributed by atoms with Gasteiger partial charge in [0.1, 0.15) is 0 Å². The van der Waals surface area contributed by atoms with Gasteiger partial charge in [0.2, 0.25) is 0 Å². The summed E-state index contributed by atoms with van der Waals surface area (Å²) in [5, 5.41) is 0. The molecule has 0 amide bonds. The van der Waals surface area contributed by atoms with E-state index in [9.17, 15) is 4.79 Å². The quantitative estimate of drug-likeness (QED) is 0.641. The molecule has 3 heteroatoms. The fraction of sp³-hybridized carbons (Fsp3) is 0.909. The van der Waals surface area contributed by atoms with Crippen molar-refractivity contribution in [3.05, 3.63) is 0 Å². The topological polar surface area (TPSA) is 29.5 Å². The lowest BCUT2D eigenvalue weighted by molar-refractivity contribution is -0.145. The van der Waals surface area contributed by atoms with Crippen LogP contribution in [0.1, 0.15) is 33.1 Å². The van der Waals surface area contributed by atoms with Crippen LogP contribution in [-0.2, 0) is 9.53 Å². The van der Waals surface area contributed by atoms with E-state index in [0.29, 0.717) is 6.61 Å². The van der Waals surface area contributed by atoms with Gasteiger partial charge in [0.05, 0.1) is 12.5 Å². The number of nitrogens with zero attached hydrogens (tertiary/aromatic N) is 1. The molecule has 0 aromatic carbocycles. The Hall–Kier alpha value is -0.570. The van der Waals surface area contributed by atoms with Crippen molar-refractivity contribution in [3.8, 4) is 0 Å². The molecule has 0 bridgehead atoms. The third-order valence-corrected chi connectivity index (χ3v) is 3.61. The second kappa shape index (κ2) is 3.54. The SMILES string of the molecule is CCOC(=O)C1CC1(C)N1CCCC1. The number of rotatable bonds is 3. The van der Waals surface area contributed by atoms with Gasteiger partial charge < -0.3 is 4.74 Å². The van der Waals surface area contributed by atoms with E-state index in [0.717, 1.165) is 19.5 Å². The summed E-state index contributed by atoms with van der Waals surface area (Å²) < 4.78 is 5.06. The Kier molecular flexibility index (Phi) is 2.52. The smallest absolute Gasteiger partial charge is 0.310 e. The minimum atomic E-state index is 0.00176. The summed E-state index contributed by atoms with van der Waals surface area (Å²) in [4.78, 5) is 14.0. The van der Waals surface area contributed by atoms with Crippen molar-refractivity contribution in [1.82, 2.24) is 4.90 Å². The molecule has 0 aromatic heterocycles. The summed E-state index contributed by atoms with van der Waals surface area (Å²) in [5.41, 5.74) is 0.128. The van der Waals surface area contributed by atoms with Crippen LogP contribution in [0.15, 0.2) is 0 Å². The Morgan fingerprint density at radius 1 is 1.50 bits per heavy atom. The molecule has 1 aliphatic heterocycles. The van der Waals surface area contributed by atoms with Crippen LogP contribution in [0.25, 0.3) is 0 Å². The van der Waals surface area contributed by atoms with Gasteiger partial charge in [-0.3, -0.25) is 9.69 Å². The minimum absolute atomic E-state index is 0.00176. The predicted molar refractivity (Wildman–Crippen MR) is 54.0 cm³/mol. The first-order valence-corrected chi connectivity index (χ1v) is 5.60. The first kappa shape index (κ1) is 9.97. The van der Waals surface area contributed by atoms with Crippen LogP contribution in [-0.4, -0.2) is 36.1 Å². The van der Waals surface area contributed by atoms with Gasteiger partial charge in [0.25, 0.3) is 0 Å². The molecule has 2 aliphatic rings. The van der Waals surface area contributed by atoms with Gasteiger partial charge in [0.15, 0.2) is 0 Å². The van der Waals surface area contributed by atoms with Crippen LogP contribution in [0.2, 0.25) is 0 Å². The second-order valence-electron chi connectivity index (χ2n) is 4.56. The third kappa shape index (κ3) is 1.54. The molecule has 2 unspecified atom stereocenters. The molecule has 0 radical (unpaired) electrons. The van der Waals surface area contributed by atoms with Gasteiger partial charge in [-0.25, -0.2) is 0 Å². The number of esters is 1. The molecule has 2 fully saturated rings. The van der Waals surface area contributed by atoms with E-state index in [-0.39, 0.29) is 17.4 Å². The van der Waals surface area contributed by atoms with Crippen LogP contribution in [0, 0.1) is 5.92 Å². The van der Waals surface area contributed by atoms with E-state index in [1.807, 2.05) is 6.92 Å². The highest BCUT2D eigenvalue weighted by Crippen LogP contribution is 2.49. The highest BCUT2D eigenvalue weighted by atomic mass is 16.5. The Labute approximate surface area is 85.4 Å². The molecular formula is C11H19NO2. The Morgan fingerprint density at radius 3 is 2.71 bits per heavy atom. The Balaban J connectivity index is 1.91. The van der Waals surface area contributed by atoms with Crippen LogP contribution in [0.3, 0.4) is 0 Å². The molecule has 1 aliphatic carbocycles. The molecular weight excluding hydrogens is 178 g/mol. The van der Waals surface area contributed by atoms with E-state index in [1.54, 1.807) is 0 Å². The van der Waals surface area contributed by atoms with E-state index >= 15 is 0 Å². The van der Waals surface area contributed by atoms with E-state index in [2.05, 4.69) is 11.8 Å². The van der Waals surface area contributed by atoms with Gasteiger partial charge in [-0.15, -0.1) is 0 Å². The average Bonchev–Trinajstić information content (AvgIpc) is 2.67. The van der Waals surface area contributed by atoms with Crippen molar-refractivity contribution in [2.24, 2.45) is 5.92 Å². The standard InChI is InChI=1S/C11H19NO2/c1-3-14-10(13)9-8-11(9,2)12-6-4-5-7-12/h9H,3-8H2,1-2H3. The summed E-state index contributed by atoms with van der Waals surface area (Å²) in [6.45, 7) is 6.89. The average molecular weight is 197 g/mol. The maximum absolute atomic E-state index is 11.5. The third-order valence-electron chi connectivity index (χ3n) is 3.61.